The van der Waals surface area contributed by atoms with Gasteiger partial charge in [0.15, 0.2) is 0 Å². The lowest BCUT2D eigenvalue weighted by molar-refractivity contribution is -0.136. The number of fused-ring (bicyclic) bond motifs is 1. The fourth-order valence-corrected chi connectivity index (χ4v) is 1.46. The molecule has 5 heteroatoms. The predicted molar refractivity (Wildman–Crippen MR) is 50.1 cm³/mol. The highest BCUT2D eigenvalue weighted by atomic mass is 16.4. The molecule has 0 unspecified atom stereocenters. The first-order chi connectivity index (χ1) is 7.16. The number of carboxylic acids is 1. The number of para-hydroxylation sites is 1. The number of amides is 2. The minimum absolute atomic E-state index is 0.0279. The number of rotatable bonds is 3. The Bertz CT molecular complexity index is 548. The second kappa shape index (κ2) is 3.61. The van der Waals surface area contributed by atoms with Gasteiger partial charge in [0, 0.05) is 6.42 Å². The summed E-state index contributed by atoms with van der Waals surface area (Å²) >= 11 is 0. The van der Waals surface area contributed by atoms with Crippen molar-refractivity contribution in [3.8, 4) is 0 Å². The van der Waals surface area contributed by atoms with Gasteiger partial charge in [-0.15, -0.1) is 0 Å². The number of carbonyl (C=O) groups excluding carboxylic acids is 1. The fraction of sp³-hybridized carbons (Fsp3) is 0.200. The number of carbonyl (C=O) groups is 2. The zero-order valence-electron chi connectivity index (χ0n) is 7.80. The minimum atomic E-state index is -0.867. The first-order valence-corrected chi connectivity index (χ1v) is 4.48. The van der Waals surface area contributed by atoms with E-state index >= 15 is 0 Å². The Morgan fingerprint density at radius 1 is 1.33 bits per heavy atom. The van der Waals surface area contributed by atoms with Crippen molar-refractivity contribution in [2.24, 2.45) is 9.98 Å². The molecule has 5 nitrogen and oxygen atoms in total. The minimum Gasteiger partial charge on any atom is -0.481 e. The zero-order valence-corrected chi connectivity index (χ0v) is 7.80. The average Bonchev–Trinajstić information content (AvgIpc) is 2.55. The van der Waals surface area contributed by atoms with E-state index in [2.05, 4.69) is 9.98 Å². The first kappa shape index (κ1) is 9.51. The number of aryl methyl sites for hydroxylation is 1. The van der Waals surface area contributed by atoms with Crippen molar-refractivity contribution < 1.29 is 14.7 Å². The molecular weight excluding hydrogens is 196 g/mol. The molecule has 76 valence electrons. The summed E-state index contributed by atoms with van der Waals surface area (Å²) < 4.78 is 0. The van der Waals surface area contributed by atoms with Crippen LogP contribution in [0.25, 0.3) is 0 Å². The number of nitrogens with zero attached hydrogens (tertiary/aromatic N) is 2. The van der Waals surface area contributed by atoms with E-state index in [9.17, 15) is 9.59 Å². The normalized spacial score (nSPS) is 12.9. The Morgan fingerprint density at radius 2 is 2.13 bits per heavy atom. The van der Waals surface area contributed by atoms with Crippen LogP contribution in [0.5, 0.6) is 0 Å². The fourth-order valence-electron chi connectivity index (χ4n) is 1.46. The Kier molecular flexibility index (Phi) is 2.29. The number of hydrogen-bond acceptors (Lipinski definition) is 2. The van der Waals surface area contributed by atoms with Gasteiger partial charge in [0.25, 0.3) is 0 Å². The third-order valence-electron chi connectivity index (χ3n) is 2.13. The standard InChI is InChI=1S/C10H8N2O3/c13-8(14)5-4-6-2-1-3-7-9(6)12-10(15)11-7/h1-3H,4-5H2,(H,13,14). The molecule has 0 fully saturated rings. The topological polar surface area (TPSA) is 79.1 Å². The molecule has 1 heterocycles. The number of urea groups is 1. The van der Waals surface area contributed by atoms with E-state index in [0.29, 0.717) is 17.1 Å². The maximum absolute atomic E-state index is 10.9. The molecule has 0 saturated heterocycles. The second-order valence-electron chi connectivity index (χ2n) is 3.18. The van der Waals surface area contributed by atoms with Crippen LogP contribution >= 0.6 is 0 Å². The van der Waals surface area contributed by atoms with Crippen LogP contribution in [0.15, 0.2) is 28.2 Å². The number of hydrogen-bond donors (Lipinski definition) is 1. The lowest BCUT2D eigenvalue weighted by Crippen LogP contribution is -2.26. The molecule has 0 spiro atoms. The van der Waals surface area contributed by atoms with Crippen molar-refractivity contribution in [1.29, 1.82) is 0 Å². The molecule has 2 rings (SSSR count). The van der Waals surface area contributed by atoms with Crippen molar-refractivity contribution in [2.75, 3.05) is 0 Å². The maximum atomic E-state index is 10.9. The summed E-state index contributed by atoms with van der Waals surface area (Å²) in [6, 6.07) is 4.67. The van der Waals surface area contributed by atoms with Gasteiger partial charge in [-0.05, 0) is 18.1 Å². The van der Waals surface area contributed by atoms with Gasteiger partial charge in [-0.2, -0.15) is 9.98 Å². The van der Waals surface area contributed by atoms with E-state index in [1.807, 2.05) is 0 Å². The molecule has 1 aromatic carbocycles. The van der Waals surface area contributed by atoms with Crippen LogP contribution in [0.2, 0.25) is 0 Å². The Balaban J connectivity index is 2.40. The molecule has 0 atom stereocenters. The van der Waals surface area contributed by atoms with Gasteiger partial charge in [-0.1, -0.05) is 12.1 Å². The highest BCUT2D eigenvalue weighted by Gasteiger charge is 2.09. The molecule has 0 aliphatic carbocycles. The van der Waals surface area contributed by atoms with Crippen LogP contribution in [0.3, 0.4) is 0 Å². The largest absolute Gasteiger partial charge is 0.481 e. The summed E-state index contributed by atoms with van der Waals surface area (Å²) in [5, 5.41) is 9.60. The van der Waals surface area contributed by atoms with Crippen LogP contribution in [0, 0.1) is 0 Å². The third kappa shape index (κ3) is 1.90. The van der Waals surface area contributed by atoms with E-state index in [1.54, 1.807) is 18.2 Å². The summed E-state index contributed by atoms with van der Waals surface area (Å²) in [5.41, 5.74) is 0.754. The van der Waals surface area contributed by atoms with Crippen molar-refractivity contribution in [3.63, 3.8) is 0 Å². The Labute approximate surface area is 84.8 Å². The quantitative estimate of drug-likeness (QED) is 0.757. The van der Waals surface area contributed by atoms with E-state index in [4.69, 9.17) is 5.11 Å². The third-order valence-corrected chi connectivity index (χ3v) is 2.13. The molecule has 1 aromatic rings. The molecule has 15 heavy (non-hydrogen) atoms. The van der Waals surface area contributed by atoms with Crippen LogP contribution in [0.1, 0.15) is 12.0 Å². The van der Waals surface area contributed by atoms with Gasteiger partial charge in [-0.3, -0.25) is 4.79 Å². The number of aliphatic carboxylic acids is 1. The molecule has 0 saturated carbocycles. The smallest absolute Gasteiger partial charge is 0.368 e. The van der Waals surface area contributed by atoms with E-state index < -0.39 is 12.0 Å². The summed E-state index contributed by atoms with van der Waals surface area (Å²) in [7, 11) is 0. The van der Waals surface area contributed by atoms with Crippen LogP contribution in [-0.2, 0) is 11.2 Å². The zero-order chi connectivity index (χ0) is 10.8. The van der Waals surface area contributed by atoms with Crippen molar-refractivity contribution in [3.05, 3.63) is 34.5 Å². The molecule has 0 aromatic heterocycles. The first-order valence-electron chi connectivity index (χ1n) is 4.48. The number of benzene rings is 1. The SMILES string of the molecule is O=C(O)CCc1cccc2c1=NC(=O)N=2. The summed E-state index contributed by atoms with van der Waals surface area (Å²) in [6.07, 6.45) is 0.394. The van der Waals surface area contributed by atoms with E-state index in [1.165, 1.54) is 0 Å². The van der Waals surface area contributed by atoms with Crippen LogP contribution in [-0.4, -0.2) is 17.1 Å². The van der Waals surface area contributed by atoms with Gasteiger partial charge in [0.1, 0.15) is 0 Å². The Hall–Kier alpha value is -2.04. The van der Waals surface area contributed by atoms with Crippen molar-refractivity contribution in [1.82, 2.24) is 0 Å². The monoisotopic (exact) mass is 204 g/mol. The van der Waals surface area contributed by atoms with Crippen molar-refractivity contribution >= 4 is 12.0 Å². The Morgan fingerprint density at radius 3 is 2.87 bits per heavy atom. The van der Waals surface area contributed by atoms with Gasteiger partial charge in [0.2, 0.25) is 0 Å². The molecule has 1 aliphatic heterocycles. The highest BCUT2D eigenvalue weighted by Crippen LogP contribution is 1.97. The van der Waals surface area contributed by atoms with Gasteiger partial charge in [-0.25, -0.2) is 4.79 Å². The van der Waals surface area contributed by atoms with Gasteiger partial charge < -0.3 is 5.11 Å². The summed E-state index contributed by atoms with van der Waals surface area (Å²) in [4.78, 5) is 28.8. The average molecular weight is 204 g/mol. The second-order valence-corrected chi connectivity index (χ2v) is 3.18. The molecule has 2 amide bonds. The summed E-state index contributed by atoms with van der Waals surface area (Å²) in [6.45, 7) is 0. The van der Waals surface area contributed by atoms with Crippen LogP contribution < -0.4 is 10.7 Å². The van der Waals surface area contributed by atoms with E-state index in [0.717, 1.165) is 5.56 Å². The lowest BCUT2D eigenvalue weighted by Gasteiger charge is -1.96. The van der Waals surface area contributed by atoms with Crippen molar-refractivity contribution in [2.45, 2.75) is 12.8 Å². The molecule has 1 aliphatic rings. The summed E-state index contributed by atoms with van der Waals surface area (Å²) in [5.74, 6) is -0.867. The molecular formula is C10H8N2O3. The molecule has 1 N–H and O–H groups in total. The molecule has 0 bridgehead atoms. The van der Waals surface area contributed by atoms with Crippen LogP contribution in [0.4, 0.5) is 4.79 Å². The van der Waals surface area contributed by atoms with Gasteiger partial charge in [0.05, 0.1) is 10.7 Å². The number of carboxylic acid groups (broad SMARTS) is 1. The highest BCUT2D eigenvalue weighted by molar-refractivity contribution is 5.77. The molecule has 0 radical (unpaired) electrons. The predicted octanol–water partition coefficient (Wildman–Crippen LogP) is 0.0766. The lowest BCUT2D eigenvalue weighted by atomic mass is 10.1. The van der Waals surface area contributed by atoms with Gasteiger partial charge >= 0.3 is 12.0 Å². The maximum Gasteiger partial charge on any atom is 0.368 e. The van der Waals surface area contributed by atoms with E-state index in [-0.39, 0.29) is 6.42 Å².